The molecule has 1 unspecified atom stereocenters. The van der Waals surface area contributed by atoms with Gasteiger partial charge in [-0.1, -0.05) is 12.1 Å². The first-order valence-electron chi connectivity index (χ1n) is 5.12. The van der Waals surface area contributed by atoms with Crippen molar-refractivity contribution < 1.29 is 14.1 Å². The van der Waals surface area contributed by atoms with E-state index in [2.05, 4.69) is 0 Å². The molecule has 6 heteroatoms. The van der Waals surface area contributed by atoms with E-state index in [0.29, 0.717) is 11.5 Å². The zero-order valence-electron chi connectivity index (χ0n) is 8.89. The molecule has 90 valence electrons. The summed E-state index contributed by atoms with van der Waals surface area (Å²) in [6.45, 7) is 0. The first-order chi connectivity index (χ1) is 8.09. The molecular weight excluding hydrogens is 245 g/mol. The van der Waals surface area contributed by atoms with Gasteiger partial charge in [0.2, 0.25) is 5.82 Å². The summed E-state index contributed by atoms with van der Waals surface area (Å²) in [5.41, 5.74) is -0.277. The summed E-state index contributed by atoms with van der Waals surface area (Å²) in [6, 6.07) is 4.08. The average molecular weight is 255 g/mol. The maximum absolute atomic E-state index is 13.7. The Balaban J connectivity index is 2.24. The van der Waals surface area contributed by atoms with Crippen molar-refractivity contribution in [3.05, 3.63) is 39.7 Å². The Hall–Kier alpha value is -1.43. The van der Waals surface area contributed by atoms with Crippen LogP contribution >= 0.6 is 11.8 Å². The van der Waals surface area contributed by atoms with Gasteiger partial charge >= 0.3 is 5.69 Å². The molecule has 0 saturated carbocycles. The number of rotatable bonds is 3. The molecule has 0 radical (unpaired) electrons. The van der Waals surface area contributed by atoms with Crippen molar-refractivity contribution >= 4 is 23.2 Å². The molecule has 17 heavy (non-hydrogen) atoms. The molecule has 0 bridgehead atoms. The number of halogens is 1. The highest BCUT2D eigenvalue weighted by Crippen LogP contribution is 2.27. The maximum atomic E-state index is 13.7. The van der Waals surface area contributed by atoms with E-state index < -0.39 is 16.4 Å². The summed E-state index contributed by atoms with van der Waals surface area (Å²) in [7, 11) is 0. The lowest BCUT2D eigenvalue weighted by molar-refractivity contribution is -0.387. The van der Waals surface area contributed by atoms with E-state index >= 15 is 0 Å². The third kappa shape index (κ3) is 2.46. The second kappa shape index (κ2) is 4.83. The molecule has 0 N–H and O–H groups in total. The largest absolute Gasteiger partial charge is 0.305 e. The van der Waals surface area contributed by atoms with Crippen molar-refractivity contribution in [2.24, 2.45) is 5.92 Å². The number of nitro benzene ring substituents is 1. The molecule has 0 amide bonds. The van der Waals surface area contributed by atoms with Crippen LogP contribution in [0.1, 0.15) is 5.56 Å². The molecular formula is C11H10FNO3S. The van der Waals surface area contributed by atoms with Gasteiger partial charge in [0.15, 0.2) is 0 Å². The van der Waals surface area contributed by atoms with E-state index in [-0.39, 0.29) is 23.7 Å². The lowest BCUT2D eigenvalue weighted by atomic mass is 9.97. The molecule has 1 aliphatic rings. The second-order valence-electron chi connectivity index (χ2n) is 3.89. The van der Waals surface area contributed by atoms with Crippen molar-refractivity contribution in [3.8, 4) is 0 Å². The molecule has 1 fully saturated rings. The molecule has 4 nitrogen and oxygen atoms in total. The minimum Gasteiger partial charge on any atom is -0.298 e. The summed E-state index contributed by atoms with van der Waals surface area (Å²) in [4.78, 5) is 21.3. The number of nitrogens with zero attached hydrogens (tertiary/aromatic N) is 1. The Labute approximate surface area is 101 Å². The number of thioether (sulfide) groups is 1. The van der Waals surface area contributed by atoms with Crippen LogP contribution < -0.4 is 0 Å². The monoisotopic (exact) mass is 255 g/mol. The van der Waals surface area contributed by atoms with Crippen molar-refractivity contribution in [1.29, 1.82) is 0 Å². The van der Waals surface area contributed by atoms with Gasteiger partial charge in [0, 0.05) is 17.7 Å². The van der Waals surface area contributed by atoms with Crippen molar-refractivity contribution in [2.45, 2.75) is 6.42 Å². The third-order valence-electron chi connectivity index (χ3n) is 2.74. The van der Waals surface area contributed by atoms with Gasteiger partial charge in [0.05, 0.1) is 10.7 Å². The summed E-state index contributed by atoms with van der Waals surface area (Å²) in [5.74, 6) is 0.196. The number of ketones is 1. The predicted molar refractivity (Wildman–Crippen MR) is 62.6 cm³/mol. The molecule has 0 aliphatic carbocycles. The van der Waals surface area contributed by atoms with Crippen molar-refractivity contribution in [1.82, 2.24) is 0 Å². The summed E-state index contributed by atoms with van der Waals surface area (Å²) < 4.78 is 13.7. The SMILES string of the molecule is O=C1CSCC1Cc1cccc([N+](=O)[O-])c1F. The predicted octanol–water partition coefficient (Wildman–Crippen LogP) is 2.21. The van der Waals surface area contributed by atoms with E-state index in [1.165, 1.54) is 23.9 Å². The summed E-state index contributed by atoms with van der Waals surface area (Å²) in [5, 5.41) is 10.6. The smallest absolute Gasteiger partial charge is 0.298 e. The minimum absolute atomic E-state index is 0.0981. The Morgan fingerprint density at radius 1 is 1.53 bits per heavy atom. The van der Waals surface area contributed by atoms with E-state index in [1.54, 1.807) is 0 Å². The van der Waals surface area contributed by atoms with Crippen molar-refractivity contribution in [2.75, 3.05) is 11.5 Å². The highest BCUT2D eigenvalue weighted by atomic mass is 32.2. The van der Waals surface area contributed by atoms with Crippen LogP contribution in [-0.2, 0) is 11.2 Å². The molecule has 1 aromatic rings. The number of carbonyl (C=O) groups is 1. The number of hydrogen-bond donors (Lipinski definition) is 0. The normalized spacial score (nSPS) is 19.6. The molecule has 1 heterocycles. The molecule has 0 spiro atoms. The third-order valence-corrected chi connectivity index (χ3v) is 3.87. The Morgan fingerprint density at radius 3 is 2.88 bits per heavy atom. The summed E-state index contributed by atoms with van der Waals surface area (Å²) >= 11 is 1.52. The lowest BCUT2D eigenvalue weighted by Crippen LogP contribution is -2.15. The topological polar surface area (TPSA) is 60.2 Å². The Kier molecular flexibility index (Phi) is 3.42. The second-order valence-corrected chi connectivity index (χ2v) is 4.92. The van der Waals surface area contributed by atoms with Gasteiger partial charge in [-0.05, 0) is 12.0 Å². The minimum atomic E-state index is -0.817. The fourth-order valence-electron chi connectivity index (χ4n) is 1.82. The van der Waals surface area contributed by atoms with Crippen LogP contribution in [0.3, 0.4) is 0 Å². The highest BCUT2D eigenvalue weighted by molar-refractivity contribution is 8.00. The van der Waals surface area contributed by atoms with Crippen LogP contribution in [0.2, 0.25) is 0 Å². The first-order valence-corrected chi connectivity index (χ1v) is 6.27. The van der Waals surface area contributed by atoms with Gasteiger partial charge in [0.25, 0.3) is 0 Å². The van der Waals surface area contributed by atoms with E-state index in [9.17, 15) is 19.3 Å². The quantitative estimate of drug-likeness (QED) is 0.613. The number of Topliss-reactive ketones (excluding diaryl/α,β-unsaturated/α-hetero) is 1. The Morgan fingerprint density at radius 2 is 2.29 bits per heavy atom. The fourth-order valence-corrected chi connectivity index (χ4v) is 2.96. The van der Waals surface area contributed by atoms with Crippen LogP contribution in [0.5, 0.6) is 0 Å². The molecule has 1 aliphatic heterocycles. The standard InChI is InChI=1S/C11H10FNO3S/c12-11-7(2-1-3-9(11)13(15)16)4-8-5-17-6-10(8)14/h1-3,8H,4-6H2. The van der Waals surface area contributed by atoms with Crippen LogP contribution in [0.4, 0.5) is 10.1 Å². The average Bonchev–Trinajstić information content (AvgIpc) is 2.67. The summed E-state index contributed by atoms with van der Waals surface area (Å²) in [6.07, 6.45) is 0.249. The number of carbonyl (C=O) groups excluding carboxylic acids is 1. The zero-order chi connectivity index (χ0) is 12.4. The van der Waals surface area contributed by atoms with Crippen LogP contribution in [0.25, 0.3) is 0 Å². The maximum Gasteiger partial charge on any atom is 0.305 e. The van der Waals surface area contributed by atoms with Gasteiger partial charge < -0.3 is 0 Å². The molecule has 1 aromatic carbocycles. The molecule has 1 atom stereocenters. The number of nitro groups is 1. The molecule has 1 saturated heterocycles. The van der Waals surface area contributed by atoms with Gasteiger partial charge in [-0.25, -0.2) is 0 Å². The van der Waals surface area contributed by atoms with Crippen molar-refractivity contribution in [3.63, 3.8) is 0 Å². The lowest BCUT2D eigenvalue weighted by Gasteiger charge is -2.07. The number of benzene rings is 1. The van der Waals surface area contributed by atoms with E-state index in [1.807, 2.05) is 0 Å². The molecule has 0 aromatic heterocycles. The first kappa shape index (κ1) is 12.0. The van der Waals surface area contributed by atoms with Crippen LogP contribution in [-0.4, -0.2) is 22.2 Å². The van der Waals surface area contributed by atoms with Gasteiger partial charge in [0.1, 0.15) is 5.78 Å². The Bertz CT molecular complexity index is 478. The fraction of sp³-hybridized carbons (Fsp3) is 0.364. The highest BCUT2D eigenvalue weighted by Gasteiger charge is 2.27. The van der Waals surface area contributed by atoms with Gasteiger partial charge in [-0.2, -0.15) is 16.2 Å². The van der Waals surface area contributed by atoms with E-state index in [0.717, 1.165) is 6.07 Å². The number of hydrogen-bond acceptors (Lipinski definition) is 4. The van der Waals surface area contributed by atoms with Crippen LogP contribution in [0.15, 0.2) is 18.2 Å². The van der Waals surface area contributed by atoms with E-state index in [4.69, 9.17) is 0 Å². The van der Waals surface area contributed by atoms with Crippen LogP contribution in [0, 0.1) is 21.8 Å². The van der Waals surface area contributed by atoms with Gasteiger partial charge in [-0.15, -0.1) is 0 Å². The molecule has 2 rings (SSSR count). The van der Waals surface area contributed by atoms with Gasteiger partial charge in [-0.3, -0.25) is 14.9 Å². The zero-order valence-corrected chi connectivity index (χ0v) is 9.71.